The fraction of sp³-hybridized carbons (Fsp3) is 0.229. The molecule has 13 aromatic rings. The number of nitrogens with zero attached hydrogens (tertiary/aromatic N) is 6. The molecule has 2 heterocycles. The number of phenolic OH excluding ortho intramolecular Hbond substituents is 4. The summed E-state index contributed by atoms with van der Waals surface area (Å²) in [5.74, 6) is 1.13. The molecule has 2 saturated heterocycles. The molecular weight excluding hydrogens is 1780 g/mol. The van der Waals surface area contributed by atoms with E-state index in [1.807, 2.05) is 98.2 Å². The molecule has 2 aliphatic heterocycles. The van der Waals surface area contributed by atoms with E-state index >= 15 is 0 Å². The molecule has 16 heteroatoms. The topological polar surface area (TPSA) is 142 Å². The first-order valence-corrected chi connectivity index (χ1v) is 47.6. The van der Waals surface area contributed by atoms with E-state index in [-0.39, 0.29) is 78.6 Å². The predicted octanol–water partition coefficient (Wildman–Crippen LogP) is 21.1. The Morgan fingerprint density at radius 1 is 0.360 bits per heavy atom. The minimum Gasteiger partial charge on any atom is -0.0620 e. The molecule has 2 fully saturated rings. The number of halogens is 1. The number of rotatable bonds is 14. The van der Waals surface area contributed by atoms with Crippen molar-refractivity contribution in [3.63, 3.8) is 0 Å². The van der Waals surface area contributed by atoms with Gasteiger partial charge in [-0.3, -0.25) is 9.98 Å². The molecule has 125 heavy (non-hydrogen) atoms. The molecule has 0 bridgehead atoms. The molecule has 0 radical (unpaired) electrons. The number of phenols is 4. The van der Waals surface area contributed by atoms with Crippen LogP contribution in [0.3, 0.4) is 0 Å². The van der Waals surface area contributed by atoms with Crippen LogP contribution >= 0.6 is 17.6 Å². The molecule has 0 spiro atoms. The molecule has 15 rings (SSSR count). The maximum atomic E-state index is 10.5. The van der Waals surface area contributed by atoms with Crippen molar-refractivity contribution in [3.8, 4) is 23.0 Å². The minimum absolute atomic E-state index is 0. The summed E-state index contributed by atoms with van der Waals surface area (Å²) in [5.41, 5.74) is 30.7. The minimum atomic E-state index is -0.877. The van der Waals surface area contributed by atoms with Gasteiger partial charge >= 0.3 is 185 Å². The van der Waals surface area contributed by atoms with Gasteiger partial charge in [0, 0.05) is 72.5 Å². The molecular formula is C109H123ClKN6O5PRu2. The molecule has 13 aromatic carbocycles. The summed E-state index contributed by atoms with van der Waals surface area (Å²) in [7, 11) is 4.65. The maximum absolute atomic E-state index is 10.5. The average Bonchev–Trinajstić information content (AvgIpc) is 1.70. The number of para-hydroxylation sites is 4. The second kappa shape index (κ2) is 51.6. The van der Waals surface area contributed by atoms with Gasteiger partial charge in [0.1, 0.15) is 27.4 Å². The van der Waals surface area contributed by atoms with Crippen LogP contribution in [0.25, 0.3) is 0 Å². The Morgan fingerprint density at radius 2 is 0.592 bits per heavy atom. The first-order valence-electron chi connectivity index (χ1n) is 41.9. The largest absolute Gasteiger partial charge is 1.00 e. The van der Waals surface area contributed by atoms with Gasteiger partial charge in [-0.05, 0) is 239 Å². The molecule has 0 unspecified atom stereocenters. The monoisotopic (exact) mass is 1900 g/mol. The van der Waals surface area contributed by atoms with Gasteiger partial charge in [-0.15, -0.1) is 5.60 Å². The van der Waals surface area contributed by atoms with Crippen molar-refractivity contribution in [2.24, 2.45) is 9.98 Å². The molecule has 2 aliphatic rings. The van der Waals surface area contributed by atoms with Gasteiger partial charge < -0.3 is 34.9 Å². The van der Waals surface area contributed by atoms with Gasteiger partial charge in [0.2, 0.25) is 0 Å². The Bertz CT molecular complexity index is 5180. The van der Waals surface area contributed by atoms with Crippen molar-refractivity contribution in [3.05, 3.63) is 398 Å². The van der Waals surface area contributed by atoms with Crippen LogP contribution in [0.1, 0.15) is 138 Å². The quantitative estimate of drug-likeness (QED) is 0.0362. The van der Waals surface area contributed by atoms with E-state index in [0.29, 0.717) is 17.9 Å². The van der Waals surface area contributed by atoms with E-state index in [1.54, 1.807) is 79.4 Å². The number of aliphatic imine (C=N–C) groups is 2. The number of hydrogen-bond acceptors (Lipinski definition) is 11. The summed E-state index contributed by atoms with van der Waals surface area (Å²) in [6.07, 6.45) is 4.09. The zero-order valence-corrected chi connectivity index (χ0v) is 84.8. The van der Waals surface area contributed by atoms with E-state index in [9.17, 15) is 15.3 Å². The van der Waals surface area contributed by atoms with Crippen LogP contribution in [0.15, 0.2) is 283 Å². The summed E-state index contributed by atoms with van der Waals surface area (Å²) in [4.78, 5) is 18.4. The van der Waals surface area contributed by atoms with E-state index < -0.39 is 13.5 Å². The Kier molecular flexibility index (Phi) is 42.5. The molecule has 0 amide bonds. The van der Waals surface area contributed by atoms with Gasteiger partial charge in [0.05, 0.1) is 19.3 Å². The summed E-state index contributed by atoms with van der Waals surface area (Å²) in [6, 6.07) is 91.6. The van der Waals surface area contributed by atoms with Gasteiger partial charge in [0.15, 0.2) is 0 Å². The second-order valence-corrected chi connectivity index (χ2v) is 37.0. The molecule has 4 N–H and O–H groups in total. The van der Waals surface area contributed by atoms with Crippen molar-refractivity contribution in [2.45, 2.75) is 144 Å². The average molecular weight is 1900 g/mol. The third-order valence-electron chi connectivity index (χ3n) is 20.8. The van der Waals surface area contributed by atoms with Gasteiger partial charge in [-0.2, -0.15) is 13.3 Å². The molecule has 648 valence electrons. The number of aryl methyl sites for hydroxylation is 16. The Hall–Kier alpha value is -9.10. The predicted molar refractivity (Wildman–Crippen MR) is 526 cm³/mol. The molecule has 0 aromatic heterocycles. The Balaban J connectivity index is 0.000000201. The first-order chi connectivity index (χ1) is 59.3. The van der Waals surface area contributed by atoms with Crippen molar-refractivity contribution >= 4 is 89.3 Å². The van der Waals surface area contributed by atoms with Crippen molar-refractivity contribution < 1.29 is 110 Å². The van der Waals surface area contributed by atoms with Crippen molar-refractivity contribution in [2.75, 3.05) is 45.8 Å². The van der Waals surface area contributed by atoms with Crippen LogP contribution in [0, 0.1) is 124 Å². The van der Waals surface area contributed by atoms with Crippen molar-refractivity contribution in [1.82, 2.24) is 0 Å². The maximum Gasteiger partial charge on any atom is 1.00 e. The Labute approximate surface area is 811 Å². The van der Waals surface area contributed by atoms with Crippen LogP contribution in [0.4, 0.5) is 34.1 Å². The van der Waals surface area contributed by atoms with Crippen LogP contribution in [-0.2, 0) is 33.5 Å². The number of anilines is 4. The zero-order valence-electron chi connectivity index (χ0n) is 76.4. The van der Waals surface area contributed by atoms with E-state index in [4.69, 9.17) is 19.9 Å². The number of hydrogen-bond donors (Lipinski definition) is 4. The fourth-order valence-corrected chi connectivity index (χ4v) is 19.2. The van der Waals surface area contributed by atoms with Crippen LogP contribution in [0.2, 0.25) is 0 Å². The van der Waals surface area contributed by atoms with E-state index in [0.717, 1.165) is 70.9 Å². The summed E-state index contributed by atoms with van der Waals surface area (Å²) >= 11 is 2.11. The standard InChI is InChI=1S/2C21H27N2.C18H15P.2C15H15NO.2C7H6O.C5H11O.ClH.K.2Ru/c2*1-14-9-16(3)20(17(4)10-14)22-7-8-23(13-22)21-18(5)11-15(2)12-19(21)6;1-4-10-16(11-5-1)19(17-12-6-2-7-13-17)18-14-8-3-9-15-18;2*1-11-7-8-14(12(2)9-11)16-10-13-5-3-4-6-15(13)17;2*1-6-4-2-3-5-7(6)8;1-4-5(2,3)6;;;;/h2*9-13H,7-8H2,1-6H3;1-15H;2*3-10,17H,1-2H3;2*1-5,8H;4H2,1-3H3;1H;;;/q2*-1;;;;;;-1;;3*+1. The fourth-order valence-electron chi connectivity index (χ4n) is 15.1. The number of benzene rings is 13. The van der Waals surface area contributed by atoms with Crippen molar-refractivity contribution in [1.29, 1.82) is 0 Å². The van der Waals surface area contributed by atoms with E-state index in [1.165, 1.54) is 117 Å². The van der Waals surface area contributed by atoms with E-state index in [2.05, 4.69) is 309 Å². The van der Waals surface area contributed by atoms with Crippen LogP contribution in [0.5, 0.6) is 23.0 Å². The van der Waals surface area contributed by atoms with Crippen LogP contribution in [-0.4, -0.2) is 73.9 Å². The summed E-state index contributed by atoms with van der Waals surface area (Å²) < 4.78 is 3.65. The SMILES string of the molecule is CCC(C)(C)[O-].Cc1cc(C)c(N2[CH-]N(c3c(C)cc(C)cc3C)CC2)c(C)c1.Cc1cc(C)c(N2[CH-]N(c3c(C)cc(C)cc3C)CC2)c(C)c1.Cc1ccc(N=Cc2ccccc2O)c(C)c1.Cc1ccc(N=Cc2ccccc2O)c(C)c1.Oc1ccccc1[CH]=[Ru+].Oc1ccccc1[CH]=[Ru][Cl].[K+].c1ccc([PH+](c2ccccc2)c2ccccc2)cc1. The summed E-state index contributed by atoms with van der Waals surface area (Å²) in [5, 5.41) is 52.2. The third kappa shape index (κ3) is 32.3. The van der Waals surface area contributed by atoms with Gasteiger partial charge in [0.25, 0.3) is 0 Å². The molecule has 11 nitrogen and oxygen atoms in total. The second-order valence-electron chi connectivity index (χ2n) is 32.2. The number of aromatic hydroxyl groups is 4. The molecule has 0 atom stereocenters. The normalized spacial score (nSPS) is 12.1. The first kappa shape index (κ1) is 103. The third-order valence-corrected chi connectivity index (χ3v) is 25.3. The van der Waals surface area contributed by atoms with Gasteiger partial charge in [-0.25, -0.2) is 0 Å². The Morgan fingerprint density at radius 3 is 0.816 bits per heavy atom. The van der Waals surface area contributed by atoms with Crippen LogP contribution < -0.4 is 92.0 Å². The molecule has 0 aliphatic carbocycles. The van der Waals surface area contributed by atoms with Gasteiger partial charge in [-0.1, -0.05) is 212 Å². The molecule has 0 saturated carbocycles. The summed E-state index contributed by atoms with van der Waals surface area (Å²) in [6.45, 7) is 48.6. The smallest absolute Gasteiger partial charge is 0.0620 e. The zero-order chi connectivity index (χ0) is 90.2.